The highest BCUT2D eigenvalue weighted by molar-refractivity contribution is 4.84. The van der Waals surface area contributed by atoms with E-state index in [0.717, 1.165) is 13.0 Å². The van der Waals surface area contributed by atoms with Gasteiger partial charge in [-0.05, 0) is 26.2 Å². The molecule has 2 heteroatoms. The molecule has 0 saturated carbocycles. The third-order valence-corrected chi connectivity index (χ3v) is 1.88. The first-order valence-corrected chi connectivity index (χ1v) is 4.39. The predicted octanol–water partition coefficient (Wildman–Crippen LogP) is 1.76. The Hall–Kier alpha value is -0.0800. The molecule has 1 rings (SSSR count). The molecule has 1 saturated heterocycles. The van der Waals surface area contributed by atoms with E-state index in [1.165, 1.54) is 0 Å². The second-order valence-corrected chi connectivity index (χ2v) is 4.46. The Morgan fingerprint density at radius 1 is 1.55 bits per heavy atom. The maximum Gasteiger partial charge on any atom is 0.108 e. The molecule has 1 atom stereocenters. The Labute approximate surface area is 69.3 Å². The molecule has 1 fully saturated rings. The first-order valence-electron chi connectivity index (χ1n) is 4.39. The molecule has 1 heterocycles. The zero-order chi connectivity index (χ0) is 8.48. The van der Waals surface area contributed by atoms with Crippen molar-refractivity contribution in [2.45, 2.75) is 45.9 Å². The van der Waals surface area contributed by atoms with Crippen LogP contribution >= 0.6 is 0 Å². The predicted molar refractivity (Wildman–Crippen MR) is 46.4 cm³/mol. The summed E-state index contributed by atoms with van der Waals surface area (Å²) in [6, 6.07) is 0. The summed E-state index contributed by atoms with van der Waals surface area (Å²) in [5, 5.41) is 3.44. The quantitative estimate of drug-likeness (QED) is 0.659. The zero-order valence-corrected chi connectivity index (χ0v) is 7.98. The van der Waals surface area contributed by atoms with Crippen LogP contribution in [0.5, 0.6) is 0 Å². The van der Waals surface area contributed by atoms with Gasteiger partial charge in [0.2, 0.25) is 0 Å². The molecule has 0 bridgehead atoms. The summed E-state index contributed by atoms with van der Waals surface area (Å²) in [6.07, 6.45) is 1.40. The van der Waals surface area contributed by atoms with E-state index in [9.17, 15) is 0 Å². The summed E-state index contributed by atoms with van der Waals surface area (Å²) >= 11 is 0. The van der Waals surface area contributed by atoms with E-state index in [4.69, 9.17) is 4.74 Å². The van der Waals surface area contributed by atoms with Crippen molar-refractivity contribution in [1.82, 2.24) is 5.32 Å². The van der Waals surface area contributed by atoms with Crippen molar-refractivity contribution in [2.75, 3.05) is 6.61 Å². The van der Waals surface area contributed by atoms with Crippen LogP contribution in [-0.2, 0) is 4.74 Å². The molecule has 66 valence electrons. The van der Waals surface area contributed by atoms with Crippen molar-refractivity contribution >= 4 is 0 Å². The normalized spacial score (nSPS) is 29.7. The lowest BCUT2D eigenvalue weighted by atomic mass is 10.1. The van der Waals surface area contributed by atoms with Crippen molar-refractivity contribution in [1.29, 1.82) is 0 Å². The topological polar surface area (TPSA) is 21.3 Å². The Kier molecular flexibility index (Phi) is 2.55. The maximum atomic E-state index is 5.57. The molecule has 0 aliphatic carbocycles. The van der Waals surface area contributed by atoms with Gasteiger partial charge in [0.05, 0.1) is 6.61 Å². The van der Waals surface area contributed by atoms with Crippen molar-refractivity contribution < 1.29 is 4.74 Å². The van der Waals surface area contributed by atoms with Gasteiger partial charge in [0.1, 0.15) is 6.23 Å². The minimum absolute atomic E-state index is 0.180. The van der Waals surface area contributed by atoms with Gasteiger partial charge in [-0.15, -0.1) is 0 Å². The summed E-state index contributed by atoms with van der Waals surface area (Å²) in [4.78, 5) is 0. The summed E-state index contributed by atoms with van der Waals surface area (Å²) < 4.78 is 5.57. The van der Waals surface area contributed by atoms with Crippen LogP contribution in [0.25, 0.3) is 0 Å². The van der Waals surface area contributed by atoms with Crippen molar-refractivity contribution in [3.63, 3.8) is 0 Å². The van der Waals surface area contributed by atoms with Crippen LogP contribution in [0.15, 0.2) is 0 Å². The fourth-order valence-corrected chi connectivity index (χ4v) is 1.38. The van der Waals surface area contributed by atoms with Gasteiger partial charge in [0.15, 0.2) is 0 Å². The molecule has 0 spiro atoms. The lowest BCUT2D eigenvalue weighted by molar-refractivity contribution is 0.0819. The van der Waals surface area contributed by atoms with Gasteiger partial charge >= 0.3 is 0 Å². The van der Waals surface area contributed by atoms with Crippen LogP contribution in [-0.4, -0.2) is 18.4 Å². The summed E-state index contributed by atoms with van der Waals surface area (Å²) in [6.45, 7) is 9.62. The first kappa shape index (κ1) is 9.01. The van der Waals surface area contributed by atoms with Crippen LogP contribution in [0.2, 0.25) is 0 Å². The number of hydrogen-bond donors (Lipinski definition) is 1. The number of ether oxygens (including phenoxy) is 1. The number of rotatable bonds is 2. The smallest absolute Gasteiger partial charge is 0.108 e. The Balaban J connectivity index is 2.31. The number of nitrogens with one attached hydrogen (secondary N) is 1. The van der Waals surface area contributed by atoms with Gasteiger partial charge in [-0.25, -0.2) is 0 Å². The molecule has 1 unspecified atom stereocenters. The molecule has 1 aliphatic heterocycles. The van der Waals surface area contributed by atoms with E-state index in [0.29, 0.717) is 5.92 Å². The lowest BCUT2D eigenvalue weighted by Gasteiger charge is -2.17. The molecule has 0 aromatic carbocycles. The minimum atomic E-state index is 0.180. The monoisotopic (exact) mass is 157 g/mol. The highest BCUT2D eigenvalue weighted by Gasteiger charge is 2.30. The molecule has 1 aliphatic rings. The minimum Gasteiger partial charge on any atom is -0.361 e. The van der Waals surface area contributed by atoms with E-state index in [1.54, 1.807) is 0 Å². The highest BCUT2D eigenvalue weighted by atomic mass is 16.5. The average molecular weight is 157 g/mol. The molecule has 0 aromatic heterocycles. The van der Waals surface area contributed by atoms with Gasteiger partial charge in [-0.1, -0.05) is 13.8 Å². The number of hydrogen-bond acceptors (Lipinski definition) is 2. The second-order valence-electron chi connectivity index (χ2n) is 4.46. The fourth-order valence-electron chi connectivity index (χ4n) is 1.38. The highest BCUT2D eigenvalue weighted by Crippen LogP contribution is 2.18. The largest absolute Gasteiger partial charge is 0.361 e. The lowest BCUT2D eigenvalue weighted by Crippen LogP contribution is -2.39. The molecule has 2 nitrogen and oxygen atoms in total. The van der Waals surface area contributed by atoms with E-state index >= 15 is 0 Å². The van der Waals surface area contributed by atoms with Crippen molar-refractivity contribution in [3.8, 4) is 0 Å². The van der Waals surface area contributed by atoms with Crippen LogP contribution in [0.4, 0.5) is 0 Å². The van der Waals surface area contributed by atoms with Gasteiger partial charge in [0.25, 0.3) is 0 Å². The van der Waals surface area contributed by atoms with Crippen molar-refractivity contribution in [3.05, 3.63) is 0 Å². The van der Waals surface area contributed by atoms with Gasteiger partial charge < -0.3 is 4.74 Å². The van der Waals surface area contributed by atoms with Gasteiger partial charge in [-0.3, -0.25) is 5.32 Å². The van der Waals surface area contributed by atoms with Crippen LogP contribution in [0.1, 0.15) is 34.1 Å². The second kappa shape index (κ2) is 3.11. The molecule has 0 radical (unpaired) electrons. The van der Waals surface area contributed by atoms with Crippen LogP contribution < -0.4 is 5.32 Å². The van der Waals surface area contributed by atoms with E-state index < -0.39 is 0 Å². The third-order valence-electron chi connectivity index (χ3n) is 1.88. The van der Waals surface area contributed by atoms with Gasteiger partial charge in [-0.2, -0.15) is 0 Å². The maximum absolute atomic E-state index is 5.57. The Bertz CT molecular complexity index is 132. The average Bonchev–Trinajstić information content (AvgIpc) is 2.08. The summed E-state index contributed by atoms with van der Waals surface area (Å²) in [5.74, 6) is 0.710. The summed E-state index contributed by atoms with van der Waals surface area (Å²) in [7, 11) is 0. The van der Waals surface area contributed by atoms with Crippen LogP contribution in [0.3, 0.4) is 0 Å². The fraction of sp³-hybridized carbons (Fsp3) is 1.00. The first-order chi connectivity index (χ1) is 4.99. The van der Waals surface area contributed by atoms with E-state index in [-0.39, 0.29) is 11.8 Å². The third kappa shape index (κ3) is 2.80. The Morgan fingerprint density at radius 3 is 2.55 bits per heavy atom. The summed E-state index contributed by atoms with van der Waals surface area (Å²) in [5.41, 5.74) is 0.180. The molecular formula is C9H19NO. The molecular weight excluding hydrogens is 138 g/mol. The molecule has 1 N–H and O–H groups in total. The zero-order valence-electron chi connectivity index (χ0n) is 7.98. The SMILES string of the molecule is CC(C)CC1NC(C)(C)CO1. The molecule has 0 amide bonds. The van der Waals surface area contributed by atoms with Crippen LogP contribution in [0, 0.1) is 5.92 Å². The molecule has 11 heavy (non-hydrogen) atoms. The van der Waals surface area contributed by atoms with Gasteiger partial charge in [0, 0.05) is 5.54 Å². The standard InChI is InChI=1S/C9H19NO/c1-7(2)5-8-10-9(3,4)6-11-8/h7-8,10H,5-6H2,1-4H3. The van der Waals surface area contributed by atoms with E-state index in [1.807, 2.05) is 0 Å². The Morgan fingerprint density at radius 2 is 2.18 bits per heavy atom. The van der Waals surface area contributed by atoms with E-state index in [2.05, 4.69) is 33.0 Å². The van der Waals surface area contributed by atoms with Crippen molar-refractivity contribution in [2.24, 2.45) is 5.92 Å². The molecule has 0 aromatic rings.